The Morgan fingerprint density at radius 1 is 1.22 bits per heavy atom. The molecule has 0 aromatic heterocycles. The van der Waals surface area contributed by atoms with Crippen LogP contribution in [0.1, 0.15) is 36.5 Å². The fourth-order valence-corrected chi connectivity index (χ4v) is 3.75. The smallest absolute Gasteiger partial charge is 0.322 e. The molecule has 0 saturated carbocycles. The number of carboxylic acids is 1. The van der Waals surface area contributed by atoms with Crippen LogP contribution in [0, 0.1) is 0 Å². The first-order valence-corrected chi connectivity index (χ1v) is 9.86. The molecule has 0 aliphatic carbocycles. The minimum atomic E-state index is -1.13. The van der Waals surface area contributed by atoms with E-state index in [0.717, 1.165) is 12.8 Å². The van der Waals surface area contributed by atoms with Gasteiger partial charge in [0, 0.05) is 23.4 Å². The molecule has 3 N–H and O–H groups in total. The summed E-state index contributed by atoms with van der Waals surface area (Å²) in [5, 5.41) is 13.6. The van der Waals surface area contributed by atoms with E-state index in [0.29, 0.717) is 29.3 Å². The van der Waals surface area contributed by atoms with Crippen molar-refractivity contribution < 1.29 is 24.3 Å². The quantitative estimate of drug-likeness (QED) is 0.617. The summed E-state index contributed by atoms with van der Waals surface area (Å²) in [5.41, 5.74) is 0.801. The van der Waals surface area contributed by atoms with Gasteiger partial charge in [-0.2, -0.15) is 0 Å². The maximum absolute atomic E-state index is 12.5. The molecule has 146 valence electrons. The Labute approximate surface area is 161 Å². The van der Waals surface area contributed by atoms with E-state index in [1.165, 1.54) is 12.1 Å². The molecular formula is C18H23N3O5S. The van der Waals surface area contributed by atoms with Gasteiger partial charge >= 0.3 is 5.97 Å². The standard InChI is InChI=1S/C18H23N3O5S/c1-2-3-4-15(22)21-11-27-10-14(21)18(26)20-13-7-5-12(6-8-13)17(25)19-9-16(23)24/h5-8,14H,2-4,9-11H2,1H3,(H,19,25)(H,20,26)(H,23,24). The van der Waals surface area contributed by atoms with Crippen LogP contribution in [0.5, 0.6) is 0 Å². The van der Waals surface area contributed by atoms with Gasteiger partial charge in [0.2, 0.25) is 11.8 Å². The molecule has 8 nitrogen and oxygen atoms in total. The average molecular weight is 393 g/mol. The Kier molecular flexibility index (Phi) is 7.66. The lowest BCUT2D eigenvalue weighted by molar-refractivity contribution is -0.136. The Balaban J connectivity index is 1.94. The zero-order valence-electron chi connectivity index (χ0n) is 15.1. The van der Waals surface area contributed by atoms with Gasteiger partial charge in [0.05, 0.1) is 5.88 Å². The van der Waals surface area contributed by atoms with Crippen molar-refractivity contribution in [3.05, 3.63) is 29.8 Å². The number of hydrogen-bond donors (Lipinski definition) is 3. The molecule has 27 heavy (non-hydrogen) atoms. The summed E-state index contributed by atoms with van der Waals surface area (Å²) in [6.07, 6.45) is 2.18. The lowest BCUT2D eigenvalue weighted by Gasteiger charge is -2.23. The minimum Gasteiger partial charge on any atom is -0.480 e. The molecule has 0 radical (unpaired) electrons. The predicted molar refractivity (Wildman–Crippen MR) is 103 cm³/mol. The number of nitrogens with zero attached hydrogens (tertiary/aromatic N) is 1. The van der Waals surface area contributed by atoms with Gasteiger partial charge in [0.25, 0.3) is 5.91 Å². The molecule has 1 heterocycles. The lowest BCUT2D eigenvalue weighted by Crippen LogP contribution is -2.44. The molecular weight excluding hydrogens is 370 g/mol. The van der Waals surface area contributed by atoms with Crippen molar-refractivity contribution in [2.24, 2.45) is 0 Å². The van der Waals surface area contributed by atoms with Crippen LogP contribution in [-0.2, 0) is 14.4 Å². The number of carbonyl (C=O) groups excluding carboxylic acids is 3. The molecule has 1 aromatic carbocycles. The third-order valence-electron chi connectivity index (χ3n) is 4.06. The first-order chi connectivity index (χ1) is 12.9. The summed E-state index contributed by atoms with van der Waals surface area (Å²) < 4.78 is 0. The second kappa shape index (κ2) is 9.96. The fourth-order valence-electron chi connectivity index (χ4n) is 2.57. The number of unbranched alkanes of at least 4 members (excludes halogenated alkanes) is 1. The van der Waals surface area contributed by atoms with Crippen LogP contribution in [-0.4, -0.2) is 57.9 Å². The molecule has 0 spiro atoms. The highest BCUT2D eigenvalue weighted by Crippen LogP contribution is 2.23. The molecule has 3 amide bonds. The number of benzene rings is 1. The Bertz CT molecular complexity index is 707. The van der Waals surface area contributed by atoms with Crippen molar-refractivity contribution in [1.29, 1.82) is 0 Å². The van der Waals surface area contributed by atoms with E-state index in [2.05, 4.69) is 10.6 Å². The second-order valence-corrected chi connectivity index (χ2v) is 7.13. The number of thioether (sulfide) groups is 1. The van der Waals surface area contributed by atoms with Gasteiger partial charge in [-0.05, 0) is 30.7 Å². The molecule has 1 atom stereocenters. The summed E-state index contributed by atoms with van der Waals surface area (Å²) in [4.78, 5) is 48.7. The summed E-state index contributed by atoms with van der Waals surface area (Å²) in [6, 6.07) is 5.64. The molecule has 1 fully saturated rings. The van der Waals surface area contributed by atoms with E-state index >= 15 is 0 Å². The number of carboxylic acid groups (broad SMARTS) is 1. The number of anilines is 1. The van der Waals surface area contributed by atoms with Crippen LogP contribution >= 0.6 is 11.8 Å². The molecule has 9 heteroatoms. The summed E-state index contributed by atoms with van der Waals surface area (Å²) in [5.74, 6) is -0.821. The van der Waals surface area contributed by atoms with Crippen molar-refractivity contribution in [1.82, 2.24) is 10.2 Å². The number of nitrogens with one attached hydrogen (secondary N) is 2. The van der Waals surface area contributed by atoms with Gasteiger partial charge in [-0.3, -0.25) is 19.2 Å². The van der Waals surface area contributed by atoms with Gasteiger partial charge in [-0.25, -0.2) is 0 Å². The molecule has 1 aliphatic rings. The van der Waals surface area contributed by atoms with Crippen molar-refractivity contribution in [2.75, 3.05) is 23.5 Å². The van der Waals surface area contributed by atoms with Gasteiger partial charge < -0.3 is 20.6 Å². The lowest BCUT2D eigenvalue weighted by atomic mass is 10.1. The molecule has 1 aliphatic heterocycles. The van der Waals surface area contributed by atoms with Gasteiger partial charge in [-0.15, -0.1) is 11.8 Å². The van der Waals surface area contributed by atoms with Gasteiger partial charge in [0.15, 0.2) is 0 Å². The van der Waals surface area contributed by atoms with Crippen molar-refractivity contribution in [3.63, 3.8) is 0 Å². The number of aliphatic carboxylic acids is 1. The van der Waals surface area contributed by atoms with Crippen LogP contribution in [0.4, 0.5) is 5.69 Å². The average Bonchev–Trinajstić information content (AvgIpc) is 3.14. The monoisotopic (exact) mass is 393 g/mol. The summed E-state index contributed by atoms with van der Waals surface area (Å²) in [7, 11) is 0. The summed E-state index contributed by atoms with van der Waals surface area (Å²) in [6.45, 7) is 1.56. The van der Waals surface area contributed by atoms with E-state index in [1.807, 2.05) is 6.92 Å². The van der Waals surface area contributed by atoms with Crippen LogP contribution < -0.4 is 10.6 Å². The highest BCUT2D eigenvalue weighted by molar-refractivity contribution is 7.99. The molecule has 1 saturated heterocycles. The first kappa shape index (κ1) is 20.8. The van der Waals surface area contributed by atoms with E-state index in [1.54, 1.807) is 28.8 Å². The topological polar surface area (TPSA) is 116 Å². The zero-order valence-corrected chi connectivity index (χ0v) is 15.9. The van der Waals surface area contributed by atoms with Crippen LogP contribution in [0.25, 0.3) is 0 Å². The largest absolute Gasteiger partial charge is 0.480 e. The number of hydrogen-bond acceptors (Lipinski definition) is 5. The molecule has 2 rings (SSSR count). The van der Waals surface area contributed by atoms with Crippen LogP contribution in [0.2, 0.25) is 0 Å². The van der Waals surface area contributed by atoms with Gasteiger partial charge in [0.1, 0.15) is 12.6 Å². The van der Waals surface area contributed by atoms with Crippen molar-refractivity contribution in [3.8, 4) is 0 Å². The van der Waals surface area contributed by atoms with E-state index in [9.17, 15) is 19.2 Å². The highest BCUT2D eigenvalue weighted by atomic mass is 32.2. The van der Waals surface area contributed by atoms with E-state index < -0.39 is 24.5 Å². The zero-order chi connectivity index (χ0) is 19.8. The number of carbonyl (C=O) groups is 4. The molecule has 0 bridgehead atoms. The maximum atomic E-state index is 12.5. The van der Waals surface area contributed by atoms with Crippen molar-refractivity contribution >= 4 is 41.1 Å². The minimum absolute atomic E-state index is 0.00699. The number of amides is 3. The molecule has 1 aromatic rings. The second-order valence-electron chi connectivity index (χ2n) is 6.13. The third kappa shape index (κ3) is 5.99. The van der Waals surface area contributed by atoms with E-state index in [4.69, 9.17) is 5.11 Å². The van der Waals surface area contributed by atoms with Crippen molar-refractivity contribution in [2.45, 2.75) is 32.2 Å². The SMILES string of the molecule is CCCCC(=O)N1CSCC1C(=O)Nc1ccc(C(=O)NCC(=O)O)cc1. The molecule has 1 unspecified atom stereocenters. The first-order valence-electron chi connectivity index (χ1n) is 8.70. The Hall–Kier alpha value is -2.55. The predicted octanol–water partition coefficient (Wildman–Crippen LogP) is 1.53. The van der Waals surface area contributed by atoms with E-state index in [-0.39, 0.29) is 11.8 Å². The highest BCUT2D eigenvalue weighted by Gasteiger charge is 2.34. The van der Waals surface area contributed by atoms with Crippen LogP contribution in [0.15, 0.2) is 24.3 Å². The fraction of sp³-hybridized carbons (Fsp3) is 0.444. The Morgan fingerprint density at radius 3 is 2.56 bits per heavy atom. The third-order valence-corrected chi connectivity index (χ3v) is 5.08. The maximum Gasteiger partial charge on any atom is 0.322 e. The normalized spacial score (nSPS) is 16.0. The Morgan fingerprint density at radius 2 is 1.93 bits per heavy atom. The van der Waals surface area contributed by atoms with Gasteiger partial charge in [-0.1, -0.05) is 13.3 Å². The summed E-state index contributed by atoms with van der Waals surface area (Å²) >= 11 is 1.55. The van der Waals surface area contributed by atoms with Crippen LogP contribution in [0.3, 0.4) is 0 Å². The number of rotatable bonds is 8.